The van der Waals surface area contributed by atoms with E-state index in [1.165, 1.54) is 0 Å². The van der Waals surface area contributed by atoms with Crippen LogP contribution in [-0.2, 0) is 6.54 Å². The van der Waals surface area contributed by atoms with Gasteiger partial charge in [-0.3, -0.25) is 19.4 Å². The molecule has 0 radical (unpaired) electrons. The van der Waals surface area contributed by atoms with Gasteiger partial charge in [0, 0.05) is 37.2 Å². The second-order valence-electron chi connectivity index (χ2n) is 8.28. The number of carbonyl (C=O) groups is 2. The summed E-state index contributed by atoms with van der Waals surface area (Å²) in [5.41, 5.74) is 1.13. The quantitative estimate of drug-likeness (QED) is 0.770. The van der Waals surface area contributed by atoms with Crippen LogP contribution in [0.3, 0.4) is 0 Å². The van der Waals surface area contributed by atoms with E-state index in [1.54, 1.807) is 17.3 Å². The van der Waals surface area contributed by atoms with Gasteiger partial charge in [0.15, 0.2) is 0 Å². The monoisotopic (exact) mass is 424 g/mol. The maximum absolute atomic E-state index is 13.2. The van der Waals surface area contributed by atoms with E-state index >= 15 is 0 Å². The van der Waals surface area contributed by atoms with Gasteiger partial charge in [-0.05, 0) is 45.2 Å². The van der Waals surface area contributed by atoms with E-state index in [1.807, 2.05) is 43.5 Å². The molecule has 2 aromatic heterocycles. The highest BCUT2D eigenvalue weighted by Gasteiger charge is 2.24. The molecular weight excluding hydrogens is 392 g/mol. The Bertz CT molecular complexity index is 991. The third-order valence-electron chi connectivity index (χ3n) is 5.89. The molecule has 7 heteroatoms. The Kier molecular flexibility index (Phi) is 7.60. The van der Waals surface area contributed by atoms with Crippen molar-refractivity contribution in [3.05, 3.63) is 63.3 Å². The number of aromatic nitrogens is 2. The molecular formula is C24H32N4O3. The van der Waals surface area contributed by atoms with Crippen LogP contribution < -0.4 is 10.7 Å². The van der Waals surface area contributed by atoms with Crippen molar-refractivity contribution in [3.63, 3.8) is 0 Å². The fraction of sp³-hybridized carbons (Fsp3) is 0.500. The van der Waals surface area contributed by atoms with Gasteiger partial charge in [0.2, 0.25) is 5.43 Å². The Morgan fingerprint density at radius 3 is 2.42 bits per heavy atom. The van der Waals surface area contributed by atoms with Gasteiger partial charge in [0.25, 0.3) is 11.8 Å². The summed E-state index contributed by atoms with van der Waals surface area (Å²) in [6.07, 6.45) is 8.06. The SMILES string of the molecule is CC[C@@H](C)n1cc(C(=O)NCc2cccc(C)n2)c(=O)c(C(=O)N2CCCCCC2)c1. The Balaban J connectivity index is 1.91. The zero-order valence-corrected chi connectivity index (χ0v) is 18.7. The maximum Gasteiger partial charge on any atom is 0.259 e. The van der Waals surface area contributed by atoms with Crippen molar-refractivity contribution in [3.8, 4) is 0 Å². The number of hydrogen-bond donors (Lipinski definition) is 1. The number of aryl methyl sites for hydroxylation is 1. The lowest BCUT2D eigenvalue weighted by molar-refractivity contribution is 0.0759. The first-order valence-electron chi connectivity index (χ1n) is 11.2. The van der Waals surface area contributed by atoms with Crippen molar-refractivity contribution < 1.29 is 9.59 Å². The second-order valence-corrected chi connectivity index (χ2v) is 8.28. The Hall–Kier alpha value is -2.96. The Morgan fingerprint density at radius 2 is 1.77 bits per heavy atom. The lowest BCUT2D eigenvalue weighted by Crippen LogP contribution is -2.38. The van der Waals surface area contributed by atoms with E-state index in [4.69, 9.17) is 0 Å². The van der Waals surface area contributed by atoms with Crippen LogP contribution in [0.2, 0.25) is 0 Å². The lowest BCUT2D eigenvalue weighted by Gasteiger charge is -2.22. The molecule has 1 aliphatic rings. The van der Waals surface area contributed by atoms with Crippen LogP contribution in [0.1, 0.15) is 84.1 Å². The molecule has 2 aromatic rings. The van der Waals surface area contributed by atoms with E-state index in [-0.39, 0.29) is 29.6 Å². The molecule has 0 aromatic carbocycles. The van der Waals surface area contributed by atoms with Gasteiger partial charge in [-0.1, -0.05) is 25.8 Å². The van der Waals surface area contributed by atoms with Crippen LogP contribution in [0, 0.1) is 6.92 Å². The summed E-state index contributed by atoms with van der Waals surface area (Å²) in [5, 5.41) is 2.78. The second kappa shape index (κ2) is 10.4. The standard InChI is InChI=1S/C24H32N4O3/c1-4-18(3)28-15-20(23(30)25-14-19-11-9-10-17(2)26-19)22(29)21(16-28)24(31)27-12-7-5-6-8-13-27/h9-11,15-16,18H,4-8,12-14H2,1-3H3,(H,25,30)/t18-/m1/s1. The van der Waals surface area contributed by atoms with Crippen LogP contribution >= 0.6 is 0 Å². The number of likely N-dealkylation sites (tertiary alicyclic amines) is 1. The minimum absolute atomic E-state index is 0.00590. The highest BCUT2D eigenvalue weighted by molar-refractivity contribution is 5.99. The lowest BCUT2D eigenvalue weighted by atomic mass is 10.1. The number of nitrogens with zero attached hydrogens (tertiary/aromatic N) is 3. The fourth-order valence-corrected chi connectivity index (χ4v) is 3.79. The normalized spacial score (nSPS) is 15.3. The van der Waals surface area contributed by atoms with Crippen molar-refractivity contribution in [2.45, 2.75) is 65.5 Å². The molecule has 0 spiro atoms. The third kappa shape index (κ3) is 5.60. The van der Waals surface area contributed by atoms with Gasteiger partial charge >= 0.3 is 0 Å². The predicted octanol–water partition coefficient (Wildman–Crippen LogP) is 3.47. The van der Waals surface area contributed by atoms with Crippen molar-refractivity contribution >= 4 is 11.8 Å². The molecule has 31 heavy (non-hydrogen) atoms. The highest BCUT2D eigenvalue weighted by Crippen LogP contribution is 2.15. The van der Waals surface area contributed by atoms with Crippen molar-refractivity contribution in [2.75, 3.05) is 13.1 Å². The zero-order chi connectivity index (χ0) is 22.4. The minimum atomic E-state index is -0.511. The molecule has 0 bridgehead atoms. The molecule has 0 aliphatic carbocycles. The number of nitrogens with one attached hydrogen (secondary N) is 1. The number of pyridine rings is 2. The van der Waals surface area contributed by atoms with Crippen molar-refractivity contribution in [2.24, 2.45) is 0 Å². The number of hydrogen-bond acceptors (Lipinski definition) is 4. The first-order chi connectivity index (χ1) is 14.9. The van der Waals surface area contributed by atoms with Crippen LogP contribution in [0.25, 0.3) is 0 Å². The summed E-state index contributed by atoms with van der Waals surface area (Å²) in [4.78, 5) is 45.4. The minimum Gasteiger partial charge on any atom is -0.350 e. The summed E-state index contributed by atoms with van der Waals surface area (Å²) in [5.74, 6) is -0.769. The van der Waals surface area contributed by atoms with Gasteiger partial charge in [0.05, 0.1) is 12.2 Å². The average Bonchev–Trinajstić information content (AvgIpc) is 3.06. The zero-order valence-electron chi connectivity index (χ0n) is 18.7. The topological polar surface area (TPSA) is 84.3 Å². The Morgan fingerprint density at radius 1 is 1.10 bits per heavy atom. The first-order valence-corrected chi connectivity index (χ1v) is 11.2. The summed E-state index contributed by atoms with van der Waals surface area (Å²) in [6.45, 7) is 7.43. The van der Waals surface area contributed by atoms with Crippen molar-refractivity contribution in [1.29, 1.82) is 0 Å². The van der Waals surface area contributed by atoms with Crippen molar-refractivity contribution in [1.82, 2.24) is 19.8 Å². The molecule has 1 atom stereocenters. The molecule has 1 fully saturated rings. The van der Waals surface area contributed by atoms with E-state index in [0.29, 0.717) is 18.8 Å². The largest absolute Gasteiger partial charge is 0.350 e. The molecule has 1 N–H and O–H groups in total. The van der Waals surface area contributed by atoms with Crippen LogP contribution in [-0.4, -0.2) is 39.4 Å². The molecule has 1 saturated heterocycles. The van der Waals surface area contributed by atoms with E-state index in [9.17, 15) is 14.4 Å². The van der Waals surface area contributed by atoms with Gasteiger partial charge in [-0.15, -0.1) is 0 Å². The van der Waals surface area contributed by atoms with Crippen LogP contribution in [0.15, 0.2) is 35.4 Å². The molecule has 166 valence electrons. The third-order valence-corrected chi connectivity index (χ3v) is 5.89. The average molecular weight is 425 g/mol. The van der Waals surface area contributed by atoms with E-state index < -0.39 is 11.3 Å². The fourth-order valence-electron chi connectivity index (χ4n) is 3.79. The maximum atomic E-state index is 13.2. The van der Waals surface area contributed by atoms with Gasteiger partial charge in [-0.25, -0.2) is 0 Å². The van der Waals surface area contributed by atoms with Gasteiger partial charge in [0.1, 0.15) is 11.1 Å². The number of rotatable bonds is 6. The predicted molar refractivity (Wildman–Crippen MR) is 120 cm³/mol. The van der Waals surface area contributed by atoms with Gasteiger partial charge in [-0.2, -0.15) is 0 Å². The van der Waals surface area contributed by atoms with Gasteiger partial charge < -0.3 is 14.8 Å². The van der Waals surface area contributed by atoms with Crippen LogP contribution in [0.4, 0.5) is 0 Å². The summed E-state index contributed by atoms with van der Waals surface area (Å²) < 4.78 is 1.81. The smallest absolute Gasteiger partial charge is 0.259 e. The van der Waals surface area contributed by atoms with E-state index in [2.05, 4.69) is 10.3 Å². The summed E-state index contributed by atoms with van der Waals surface area (Å²) in [6, 6.07) is 5.64. The molecule has 3 heterocycles. The molecule has 0 unspecified atom stereocenters. The molecule has 2 amide bonds. The first kappa shape index (κ1) is 22.7. The Labute approximate surface area is 183 Å². The van der Waals surface area contributed by atoms with E-state index in [0.717, 1.165) is 37.8 Å². The van der Waals surface area contributed by atoms with Crippen LogP contribution in [0.5, 0.6) is 0 Å². The summed E-state index contributed by atoms with van der Waals surface area (Å²) in [7, 11) is 0. The number of carbonyl (C=O) groups excluding carboxylic acids is 2. The summed E-state index contributed by atoms with van der Waals surface area (Å²) >= 11 is 0. The molecule has 3 rings (SSSR count). The molecule has 1 aliphatic heterocycles. The molecule has 7 nitrogen and oxygen atoms in total. The number of amides is 2. The molecule has 0 saturated carbocycles. The highest BCUT2D eigenvalue weighted by atomic mass is 16.2.